The SMILES string of the molecule is CC(C)C(SCc1ccccc1)C(=O)N1C[C@@H](C)[C@H](C(=O)O)C1. The Morgan fingerprint density at radius 1 is 1.26 bits per heavy atom. The zero-order chi connectivity index (χ0) is 17.0. The van der Waals surface area contributed by atoms with E-state index in [1.807, 2.05) is 25.1 Å². The number of thioether (sulfide) groups is 1. The minimum absolute atomic E-state index is 0.0170. The molecular formula is C18H25NO3S. The summed E-state index contributed by atoms with van der Waals surface area (Å²) in [5.41, 5.74) is 1.20. The van der Waals surface area contributed by atoms with Crippen LogP contribution in [0.15, 0.2) is 30.3 Å². The minimum atomic E-state index is -0.800. The lowest BCUT2D eigenvalue weighted by Crippen LogP contribution is -2.39. The van der Waals surface area contributed by atoms with E-state index in [1.165, 1.54) is 5.56 Å². The molecule has 1 aliphatic heterocycles. The van der Waals surface area contributed by atoms with Crippen molar-refractivity contribution in [2.45, 2.75) is 31.8 Å². The first kappa shape index (κ1) is 17.9. The Balaban J connectivity index is 2.00. The number of carbonyl (C=O) groups is 2. The second-order valence-corrected chi connectivity index (χ2v) is 7.76. The molecule has 0 aliphatic carbocycles. The zero-order valence-electron chi connectivity index (χ0n) is 13.9. The fourth-order valence-corrected chi connectivity index (χ4v) is 4.20. The molecule has 1 fully saturated rings. The molecule has 1 aromatic rings. The van der Waals surface area contributed by atoms with Crippen molar-refractivity contribution in [2.24, 2.45) is 17.8 Å². The monoisotopic (exact) mass is 335 g/mol. The fourth-order valence-electron chi connectivity index (χ4n) is 2.96. The van der Waals surface area contributed by atoms with Crippen LogP contribution in [0.25, 0.3) is 0 Å². The number of hydrogen-bond donors (Lipinski definition) is 1. The molecule has 5 heteroatoms. The summed E-state index contributed by atoms with van der Waals surface area (Å²) in [6.45, 7) is 6.90. The van der Waals surface area contributed by atoms with E-state index in [4.69, 9.17) is 0 Å². The van der Waals surface area contributed by atoms with Gasteiger partial charge in [-0.05, 0) is 17.4 Å². The molecule has 1 heterocycles. The van der Waals surface area contributed by atoms with Crippen LogP contribution < -0.4 is 0 Å². The molecule has 1 aliphatic rings. The predicted octanol–water partition coefficient (Wildman–Crippen LogP) is 3.12. The number of aliphatic carboxylic acids is 1. The molecule has 1 saturated heterocycles. The van der Waals surface area contributed by atoms with Crippen LogP contribution in [0.3, 0.4) is 0 Å². The molecule has 1 aromatic carbocycles. The van der Waals surface area contributed by atoms with Crippen LogP contribution in [-0.4, -0.2) is 40.2 Å². The van der Waals surface area contributed by atoms with Gasteiger partial charge in [0.05, 0.1) is 11.2 Å². The highest BCUT2D eigenvalue weighted by molar-refractivity contribution is 7.99. The number of benzene rings is 1. The lowest BCUT2D eigenvalue weighted by molar-refractivity contribution is -0.142. The van der Waals surface area contributed by atoms with Crippen LogP contribution >= 0.6 is 11.8 Å². The molecule has 0 saturated carbocycles. The van der Waals surface area contributed by atoms with Crippen molar-refractivity contribution < 1.29 is 14.7 Å². The fraction of sp³-hybridized carbons (Fsp3) is 0.556. The summed E-state index contributed by atoms with van der Waals surface area (Å²) in [6, 6.07) is 10.1. The standard InChI is InChI=1S/C18H25NO3S/c1-12(2)16(23-11-14-7-5-4-6-8-14)17(20)19-9-13(3)15(10-19)18(21)22/h4-8,12-13,15-16H,9-11H2,1-3H3,(H,21,22)/t13-,15-,16?/m1/s1. The largest absolute Gasteiger partial charge is 0.481 e. The van der Waals surface area contributed by atoms with Crippen molar-refractivity contribution in [2.75, 3.05) is 13.1 Å². The van der Waals surface area contributed by atoms with E-state index in [0.717, 1.165) is 5.75 Å². The molecule has 1 unspecified atom stereocenters. The van der Waals surface area contributed by atoms with E-state index < -0.39 is 11.9 Å². The van der Waals surface area contributed by atoms with E-state index in [1.54, 1.807) is 16.7 Å². The maximum absolute atomic E-state index is 12.8. The number of likely N-dealkylation sites (tertiary alicyclic amines) is 1. The number of carbonyl (C=O) groups excluding carboxylic acids is 1. The molecule has 126 valence electrons. The van der Waals surface area contributed by atoms with Crippen molar-refractivity contribution in [3.8, 4) is 0 Å². The van der Waals surface area contributed by atoms with Gasteiger partial charge in [-0.25, -0.2) is 0 Å². The summed E-state index contributed by atoms with van der Waals surface area (Å²) >= 11 is 1.65. The second kappa shape index (κ2) is 7.86. The zero-order valence-corrected chi connectivity index (χ0v) is 14.8. The van der Waals surface area contributed by atoms with Crippen LogP contribution in [0.2, 0.25) is 0 Å². The van der Waals surface area contributed by atoms with Crippen molar-refractivity contribution >= 4 is 23.6 Å². The Labute approximate surface area is 142 Å². The molecule has 0 spiro atoms. The molecule has 23 heavy (non-hydrogen) atoms. The third kappa shape index (κ3) is 4.50. The van der Waals surface area contributed by atoms with Gasteiger partial charge in [0.25, 0.3) is 0 Å². The van der Waals surface area contributed by atoms with Gasteiger partial charge in [0.1, 0.15) is 0 Å². The third-order valence-corrected chi connectivity index (χ3v) is 5.97. The molecule has 4 nitrogen and oxygen atoms in total. The van der Waals surface area contributed by atoms with Gasteiger partial charge in [-0.2, -0.15) is 0 Å². The highest BCUT2D eigenvalue weighted by atomic mass is 32.2. The van der Waals surface area contributed by atoms with E-state index in [2.05, 4.69) is 26.0 Å². The molecule has 0 aromatic heterocycles. The highest BCUT2D eigenvalue weighted by Gasteiger charge is 2.39. The first-order chi connectivity index (χ1) is 10.9. The van der Waals surface area contributed by atoms with E-state index in [9.17, 15) is 14.7 Å². The quantitative estimate of drug-likeness (QED) is 0.868. The van der Waals surface area contributed by atoms with E-state index in [-0.39, 0.29) is 23.0 Å². The number of carboxylic acids is 1. The van der Waals surface area contributed by atoms with Crippen molar-refractivity contribution in [3.05, 3.63) is 35.9 Å². The molecular weight excluding hydrogens is 310 g/mol. The molecule has 1 N–H and O–H groups in total. The summed E-state index contributed by atoms with van der Waals surface area (Å²) in [5, 5.41) is 9.11. The normalized spacial score (nSPS) is 22.3. The van der Waals surface area contributed by atoms with Crippen molar-refractivity contribution in [3.63, 3.8) is 0 Å². The summed E-state index contributed by atoms with van der Waals surface area (Å²) in [6.07, 6.45) is 0. The maximum Gasteiger partial charge on any atom is 0.308 e. The summed E-state index contributed by atoms with van der Waals surface area (Å²) in [5.74, 6) is -0.131. The van der Waals surface area contributed by atoms with Gasteiger partial charge >= 0.3 is 5.97 Å². The minimum Gasteiger partial charge on any atom is -0.481 e. The predicted molar refractivity (Wildman–Crippen MR) is 93.2 cm³/mol. The van der Waals surface area contributed by atoms with Crippen LogP contribution in [0.1, 0.15) is 26.3 Å². The number of amides is 1. The molecule has 1 amide bonds. The molecule has 3 atom stereocenters. The Hall–Kier alpha value is -1.49. The highest BCUT2D eigenvalue weighted by Crippen LogP contribution is 2.30. The van der Waals surface area contributed by atoms with Gasteiger partial charge in [0.15, 0.2) is 0 Å². The van der Waals surface area contributed by atoms with Gasteiger partial charge in [0.2, 0.25) is 5.91 Å². The Kier molecular flexibility index (Phi) is 6.10. The van der Waals surface area contributed by atoms with Crippen LogP contribution in [0.5, 0.6) is 0 Å². The van der Waals surface area contributed by atoms with Crippen LogP contribution in [0, 0.1) is 17.8 Å². The average molecular weight is 335 g/mol. The van der Waals surface area contributed by atoms with Crippen LogP contribution in [-0.2, 0) is 15.3 Å². The smallest absolute Gasteiger partial charge is 0.308 e. The van der Waals surface area contributed by atoms with E-state index in [0.29, 0.717) is 13.1 Å². The Bertz CT molecular complexity index is 546. The lowest BCUT2D eigenvalue weighted by atomic mass is 9.99. The van der Waals surface area contributed by atoms with E-state index >= 15 is 0 Å². The van der Waals surface area contributed by atoms with Gasteiger partial charge in [-0.1, -0.05) is 51.1 Å². The number of nitrogens with zero attached hydrogens (tertiary/aromatic N) is 1. The van der Waals surface area contributed by atoms with Crippen molar-refractivity contribution in [1.29, 1.82) is 0 Å². The van der Waals surface area contributed by atoms with Gasteiger partial charge in [0, 0.05) is 18.8 Å². The summed E-state index contributed by atoms with van der Waals surface area (Å²) < 4.78 is 0. The summed E-state index contributed by atoms with van der Waals surface area (Å²) in [7, 11) is 0. The number of rotatable bonds is 6. The first-order valence-electron chi connectivity index (χ1n) is 8.07. The summed E-state index contributed by atoms with van der Waals surface area (Å²) in [4.78, 5) is 25.8. The number of hydrogen-bond acceptors (Lipinski definition) is 3. The van der Waals surface area contributed by atoms with Gasteiger partial charge in [-0.3, -0.25) is 9.59 Å². The Morgan fingerprint density at radius 2 is 1.91 bits per heavy atom. The maximum atomic E-state index is 12.8. The topological polar surface area (TPSA) is 57.6 Å². The van der Waals surface area contributed by atoms with Gasteiger partial charge < -0.3 is 10.0 Å². The third-order valence-electron chi connectivity index (χ3n) is 4.36. The van der Waals surface area contributed by atoms with Gasteiger partial charge in [-0.15, -0.1) is 11.8 Å². The average Bonchev–Trinajstić information content (AvgIpc) is 2.90. The van der Waals surface area contributed by atoms with Crippen molar-refractivity contribution in [1.82, 2.24) is 4.90 Å². The number of carboxylic acid groups (broad SMARTS) is 1. The lowest BCUT2D eigenvalue weighted by Gasteiger charge is -2.25. The first-order valence-corrected chi connectivity index (χ1v) is 9.12. The second-order valence-electron chi connectivity index (χ2n) is 6.63. The van der Waals surface area contributed by atoms with Crippen LogP contribution in [0.4, 0.5) is 0 Å². The molecule has 2 rings (SSSR count). The Morgan fingerprint density at radius 3 is 2.43 bits per heavy atom. The molecule has 0 radical (unpaired) electrons. The molecule has 0 bridgehead atoms.